The molecule has 1 fully saturated rings. The Morgan fingerprint density at radius 2 is 1.63 bits per heavy atom. The average molecular weight is 564 g/mol. The smallest absolute Gasteiger partial charge is 0.293 e. The van der Waals surface area contributed by atoms with E-state index in [1.807, 2.05) is 80.6 Å². The predicted octanol–water partition coefficient (Wildman–Crippen LogP) is 8.22. The van der Waals surface area contributed by atoms with Crippen LogP contribution in [0.3, 0.4) is 0 Å². The molecule has 0 spiro atoms. The van der Waals surface area contributed by atoms with Crippen LogP contribution in [0.4, 0.5) is 4.79 Å². The fourth-order valence-electron chi connectivity index (χ4n) is 4.35. The molecule has 0 radical (unpaired) electrons. The van der Waals surface area contributed by atoms with Gasteiger partial charge in [-0.2, -0.15) is 0 Å². The van der Waals surface area contributed by atoms with Gasteiger partial charge in [0.15, 0.2) is 0 Å². The first kappa shape index (κ1) is 26.2. The Bertz CT molecular complexity index is 1540. The van der Waals surface area contributed by atoms with Gasteiger partial charge in [0.2, 0.25) is 0 Å². The summed E-state index contributed by atoms with van der Waals surface area (Å²) >= 11 is 13.1. The van der Waals surface area contributed by atoms with Gasteiger partial charge in [-0.05, 0) is 91.3 Å². The van der Waals surface area contributed by atoms with E-state index in [9.17, 15) is 9.59 Å². The van der Waals surface area contributed by atoms with Gasteiger partial charge in [0, 0.05) is 32.7 Å². The van der Waals surface area contributed by atoms with Crippen molar-refractivity contribution in [2.24, 2.45) is 0 Å². The Morgan fingerprint density at radius 3 is 2.34 bits per heavy atom. The quantitative estimate of drug-likeness (QED) is 0.213. The molecule has 1 aromatic heterocycles. The van der Waals surface area contributed by atoms with Crippen molar-refractivity contribution in [2.75, 3.05) is 0 Å². The Kier molecular flexibility index (Phi) is 7.65. The molecule has 0 N–H and O–H groups in total. The summed E-state index contributed by atoms with van der Waals surface area (Å²) in [5, 5.41) is 1.01. The van der Waals surface area contributed by atoms with E-state index >= 15 is 0 Å². The molecule has 0 aliphatic carbocycles. The fraction of sp³-hybridized carbons (Fsp3) is 0.133. The summed E-state index contributed by atoms with van der Waals surface area (Å²) in [4.78, 5) is 27.3. The lowest BCUT2D eigenvalue weighted by Gasteiger charge is -2.12. The number of hydrogen-bond donors (Lipinski definition) is 0. The summed E-state index contributed by atoms with van der Waals surface area (Å²) < 4.78 is 8.02. The van der Waals surface area contributed by atoms with E-state index in [1.54, 1.807) is 18.2 Å². The zero-order valence-electron chi connectivity index (χ0n) is 20.8. The number of imide groups is 1. The first-order chi connectivity index (χ1) is 18.3. The van der Waals surface area contributed by atoms with Gasteiger partial charge in [0.05, 0.1) is 11.4 Å². The molecule has 38 heavy (non-hydrogen) atoms. The highest BCUT2D eigenvalue weighted by molar-refractivity contribution is 8.18. The third-order valence-electron chi connectivity index (χ3n) is 6.33. The van der Waals surface area contributed by atoms with Gasteiger partial charge >= 0.3 is 0 Å². The summed E-state index contributed by atoms with van der Waals surface area (Å²) in [5.41, 5.74) is 5.61. The van der Waals surface area contributed by atoms with E-state index in [1.165, 1.54) is 4.90 Å². The zero-order chi connectivity index (χ0) is 26.8. The number of carbonyl (C=O) groups excluding carboxylic acids is 2. The molecule has 0 saturated carbocycles. The summed E-state index contributed by atoms with van der Waals surface area (Å²) in [7, 11) is 0. The number of thioether (sulfide) groups is 1. The van der Waals surface area contributed by atoms with Gasteiger partial charge in [0.1, 0.15) is 12.4 Å². The molecule has 2 heterocycles. The fourth-order valence-corrected chi connectivity index (χ4v) is 5.49. The molecular formula is C30H24Cl2N2O3S. The molecular weight excluding hydrogens is 539 g/mol. The van der Waals surface area contributed by atoms with Gasteiger partial charge in [-0.1, -0.05) is 53.5 Å². The molecule has 192 valence electrons. The second-order valence-electron chi connectivity index (χ2n) is 8.93. The molecule has 5 nitrogen and oxygen atoms in total. The topological polar surface area (TPSA) is 51.5 Å². The number of aromatic nitrogens is 1. The third kappa shape index (κ3) is 5.53. The van der Waals surface area contributed by atoms with E-state index in [-0.39, 0.29) is 17.7 Å². The van der Waals surface area contributed by atoms with E-state index in [2.05, 4.69) is 4.57 Å². The van der Waals surface area contributed by atoms with E-state index in [0.29, 0.717) is 21.6 Å². The van der Waals surface area contributed by atoms with Crippen molar-refractivity contribution in [3.05, 3.63) is 122 Å². The van der Waals surface area contributed by atoms with Crippen molar-refractivity contribution < 1.29 is 14.3 Å². The van der Waals surface area contributed by atoms with Crippen LogP contribution in [0.25, 0.3) is 11.8 Å². The summed E-state index contributed by atoms with van der Waals surface area (Å²) in [6.07, 6.45) is 1.80. The number of carbonyl (C=O) groups is 2. The average Bonchev–Trinajstić information content (AvgIpc) is 3.33. The number of halogens is 2. The lowest BCUT2D eigenvalue weighted by Crippen LogP contribution is -2.27. The highest BCUT2D eigenvalue weighted by atomic mass is 35.5. The summed E-state index contributed by atoms with van der Waals surface area (Å²) in [5.74, 6) is 0.450. The van der Waals surface area contributed by atoms with Crippen LogP contribution in [-0.4, -0.2) is 20.6 Å². The first-order valence-corrected chi connectivity index (χ1v) is 13.5. The lowest BCUT2D eigenvalue weighted by atomic mass is 10.2. The SMILES string of the molecule is Cc1cc(/C=C2/SC(=O)N(Cc3ccc(Cl)cc3)C2=O)c(C)n1-c1ccc(OCc2ccccc2Cl)cc1. The Labute approximate surface area is 235 Å². The van der Waals surface area contributed by atoms with Gasteiger partial charge in [0.25, 0.3) is 11.1 Å². The van der Waals surface area contributed by atoms with E-state index in [4.69, 9.17) is 27.9 Å². The summed E-state index contributed by atoms with van der Waals surface area (Å²) in [6, 6.07) is 24.6. The van der Waals surface area contributed by atoms with Crippen molar-refractivity contribution in [2.45, 2.75) is 27.0 Å². The molecule has 3 aromatic carbocycles. The number of aryl methyl sites for hydroxylation is 1. The Hall–Kier alpha value is -3.45. The highest BCUT2D eigenvalue weighted by Gasteiger charge is 2.35. The minimum absolute atomic E-state index is 0.211. The second kappa shape index (κ2) is 11.1. The van der Waals surface area contributed by atoms with Crippen LogP contribution in [0.2, 0.25) is 10.0 Å². The number of nitrogens with zero attached hydrogens (tertiary/aromatic N) is 2. The van der Waals surface area contributed by atoms with Gasteiger partial charge in [-0.15, -0.1) is 0 Å². The highest BCUT2D eigenvalue weighted by Crippen LogP contribution is 2.35. The number of hydrogen-bond acceptors (Lipinski definition) is 4. The largest absolute Gasteiger partial charge is 0.489 e. The molecule has 0 atom stereocenters. The van der Waals surface area contributed by atoms with Gasteiger partial charge in [-0.25, -0.2) is 0 Å². The van der Waals surface area contributed by atoms with Crippen molar-refractivity contribution in [3.8, 4) is 11.4 Å². The van der Waals surface area contributed by atoms with Crippen LogP contribution in [0.15, 0.2) is 83.8 Å². The van der Waals surface area contributed by atoms with Crippen molar-refractivity contribution in [1.82, 2.24) is 9.47 Å². The van der Waals surface area contributed by atoms with Crippen LogP contribution in [-0.2, 0) is 17.9 Å². The van der Waals surface area contributed by atoms with Crippen LogP contribution in [0, 0.1) is 13.8 Å². The molecule has 8 heteroatoms. The molecule has 0 bridgehead atoms. The molecule has 0 unspecified atom stereocenters. The van der Waals surface area contributed by atoms with Gasteiger partial charge in [-0.3, -0.25) is 14.5 Å². The van der Waals surface area contributed by atoms with Crippen molar-refractivity contribution in [3.63, 3.8) is 0 Å². The predicted molar refractivity (Wildman–Crippen MR) is 154 cm³/mol. The molecule has 4 aromatic rings. The standard InChI is InChI=1S/C30H24Cl2N2O3S/c1-19-15-23(16-28-29(35)33(30(36)38-28)17-21-7-9-24(31)10-8-21)20(2)34(19)25-11-13-26(14-12-25)37-18-22-5-3-4-6-27(22)32/h3-16H,17-18H2,1-2H3/b28-16+. The monoisotopic (exact) mass is 562 g/mol. The van der Waals surface area contributed by atoms with E-state index < -0.39 is 0 Å². The maximum Gasteiger partial charge on any atom is 0.293 e. The molecule has 1 saturated heterocycles. The summed E-state index contributed by atoms with van der Waals surface area (Å²) in [6.45, 7) is 4.61. The second-order valence-corrected chi connectivity index (χ2v) is 10.8. The minimum Gasteiger partial charge on any atom is -0.489 e. The van der Waals surface area contributed by atoms with E-state index in [0.717, 1.165) is 51.3 Å². The minimum atomic E-state index is -0.292. The Balaban J connectivity index is 1.32. The molecule has 1 aliphatic rings. The van der Waals surface area contributed by atoms with Crippen LogP contribution < -0.4 is 4.74 Å². The molecule has 5 rings (SSSR count). The Morgan fingerprint density at radius 1 is 0.921 bits per heavy atom. The number of ether oxygens (including phenoxy) is 1. The number of rotatable bonds is 7. The van der Waals surface area contributed by atoms with Gasteiger partial charge < -0.3 is 9.30 Å². The van der Waals surface area contributed by atoms with Crippen LogP contribution >= 0.6 is 35.0 Å². The van der Waals surface area contributed by atoms with Crippen molar-refractivity contribution >= 4 is 52.2 Å². The normalized spacial score (nSPS) is 14.5. The first-order valence-electron chi connectivity index (χ1n) is 12.0. The van der Waals surface area contributed by atoms with Crippen molar-refractivity contribution in [1.29, 1.82) is 0 Å². The zero-order valence-corrected chi connectivity index (χ0v) is 23.1. The van der Waals surface area contributed by atoms with Crippen LogP contribution in [0.1, 0.15) is 28.1 Å². The maximum absolute atomic E-state index is 13.0. The lowest BCUT2D eigenvalue weighted by molar-refractivity contribution is -0.123. The van der Waals surface area contributed by atoms with Crippen LogP contribution in [0.5, 0.6) is 5.75 Å². The maximum atomic E-state index is 13.0. The third-order valence-corrected chi connectivity index (χ3v) is 7.86. The number of benzene rings is 3. The number of amides is 2. The molecule has 2 amide bonds. The molecule has 1 aliphatic heterocycles.